The highest BCUT2D eigenvalue weighted by Crippen LogP contribution is 2.21. The van der Waals surface area contributed by atoms with Crippen LogP contribution in [0.3, 0.4) is 0 Å². The first-order chi connectivity index (χ1) is 14.0. The standard InChI is InChI=1S/C22H22N4O3/c1-4-26(16-9-7-8-15(2)14-16)20(27)19-12-13-23-22(25-19)24-18-11-6-5-10-17(18)21(28)29-3/h5-14H,4H2,1-3H3,(H,23,24,25). The molecule has 0 aliphatic heterocycles. The summed E-state index contributed by atoms with van der Waals surface area (Å²) in [7, 11) is 1.32. The summed E-state index contributed by atoms with van der Waals surface area (Å²) in [5, 5.41) is 3.00. The van der Waals surface area contributed by atoms with E-state index in [1.807, 2.05) is 38.1 Å². The van der Waals surface area contributed by atoms with Crippen LogP contribution in [0.2, 0.25) is 0 Å². The van der Waals surface area contributed by atoms with E-state index in [9.17, 15) is 9.59 Å². The van der Waals surface area contributed by atoms with Gasteiger partial charge in [-0.2, -0.15) is 0 Å². The summed E-state index contributed by atoms with van der Waals surface area (Å²) in [6.07, 6.45) is 1.51. The van der Waals surface area contributed by atoms with Crippen LogP contribution >= 0.6 is 0 Å². The summed E-state index contributed by atoms with van der Waals surface area (Å²) in [6.45, 7) is 4.39. The van der Waals surface area contributed by atoms with Crippen molar-refractivity contribution >= 4 is 29.2 Å². The fraction of sp³-hybridized carbons (Fsp3) is 0.182. The van der Waals surface area contributed by atoms with Crippen molar-refractivity contribution in [2.24, 2.45) is 0 Å². The van der Waals surface area contributed by atoms with Crippen molar-refractivity contribution in [3.05, 3.63) is 77.6 Å². The molecule has 0 spiro atoms. The molecule has 1 aromatic heterocycles. The fourth-order valence-corrected chi connectivity index (χ4v) is 2.92. The smallest absolute Gasteiger partial charge is 0.339 e. The van der Waals surface area contributed by atoms with Crippen LogP contribution in [0.15, 0.2) is 60.8 Å². The van der Waals surface area contributed by atoms with Crippen molar-refractivity contribution in [1.82, 2.24) is 9.97 Å². The molecule has 0 atom stereocenters. The van der Waals surface area contributed by atoms with Gasteiger partial charge in [-0.25, -0.2) is 14.8 Å². The first-order valence-electron chi connectivity index (χ1n) is 9.19. The number of methoxy groups -OCH3 is 1. The number of esters is 1. The third-order valence-electron chi connectivity index (χ3n) is 4.33. The Labute approximate surface area is 169 Å². The van der Waals surface area contributed by atoms with Crippen LogP contribution in [-0.2, 0) is 4.74 Å². The highest BCUT2D eigenvalue weighted by atomic mass is 16.5. The lowest BCUT2D eigenvalue weighted by Crippen LogP contribution is -2.31. The lowest BCUT2D eigenvalue weighted by atomic mass is 10.2. The molecule has 0 aliphatic carbocycles. The number of benzene rings is 2. The predicted molar refractivity (Wildman–Crippen MR) is 112 cm³/mol. The number of para-hydroxylation sites is 1. The first-order valence-corrected chi connectivity index (χ1v) is 9.19. The molecule has 3 aromatic rings. The van der Waals surface area contributed by atoms with Gasteiger partial charge in [-0.3, -0.25) is 4.79 Å². The van der Waals surface area contributed by atoms with Crippen LogP contribution in [0.25, 0.3) is 0 Å². The van der Waals surface area contributed by atoms with Gasteiger partial charge in [0.05, 0.1) is 18.4 Å². The summed E-state index contributed by atoms with van der Waals surface area (Å²) in [5.41, 5.74) is 2.97. The van der Waals surface area contributed by atoms with Gasteiger partial charge in [-0.1, -0.05) is 24.3 Å². The van der Waals surface area contributed by atoms with Gasteiger partial charge < -0.3 is 15.0 Å². The van der Waals surface area contributed by atoms with E-state index in [1.165, 1.54) is 13.3 Å². The zero-order valence-corrected chi connectivity index (χ0v) is 16.5. The molecule has 0 saturated heterocycles. The Kier molecular flexibility index (Phi) is 6.19. The van der Waals surface area contributed by atoms with Crippen molar-refractivity contribution in [3.63, 3.8) is 0 Å². The molecular weight excluding hydrogens is 368 g/mol. The second kappa shape index (κ2) is 8.97. The van der Waals surface area contributed by atoms with Crippen LogP contribution in [-0.4, -0.2) is 35.5 Å². The molecule has 0 aliphatic rings. The van der Waals surface area contributed by atoms with Crippen molar-refractivity contribution in [2.75, 3.05) is 23.9 Å². The SMILES string of the molecule is CCN(C(=O)c1ccnc(Nc2ccccc2C(=O)OC)n1)c1cccc(C)c1. The molecular formula is C22H22N4O3. The lowest BCUT2D eigenvalue weighted by Gasteiger charge is -2.21. The predicted octanol–water partition coefficient (Wildman–Crippen LogP) is 3.98. The van der Waals surface area contributed by atoms with E-state index < -0.39 is 5.97 Å². The summed E-state index contributed by atoms with van der Waals surface area (Å²) in [5.74, 6) is -0.491. The fourth-order valence-electron chi connectivity index (χ4n) is 2.92. The Morgan fingerprint density at radius 2 is 1.90 bits per heavy atom. The summed E-state index contributed by atoms with van der Waals surface area (Å²) < 4.78 is 4.80. The maximum Gasteiger partial charge on any atom is 0.339 e. The minimum Gasteiger partial charge on any atom is -0.465 e. The van der Waals surface area contributed by atoms with E-state index in [0.717, 1.165) is 11.3 Å². The number of aromatic nitrogens is 2. The molecule has 1 amide bonds. The van der Waals surface area contributed by atoms with Crippen LogP contribution in [0.4, 0.5) is 17.3 Å². The Morgan fingerprint density at radius 1 is 1.10 bits per heavy atom. The molecule has 7 nitrogen and oxygen atoms in total. The van der Waals surface area contributed by atoms with Gasteiger partial charge >= 0.3 is 5.97 Å². The van der Waals surface area contributed by atoms with Gasteiger partial charge in [0.25, 0.3) is 5.91 Å². The molecule has 7 heteroatoms. The zero-order valence-electron chi connectivity index (χ0n) is 16.5. The first kappa shape index (κ1) is 20.0. The van der Waals surface area contributed by atoms with Gasteiger partial charge in [0.2, 0.25) is 5.95 Å². The van der Waals surface area contributed by atoms with E-state index in [2.05, 4.69) is 15.3 Å². The van der Waals surface area contributed by atoms with Crippen LogP contribution in [0.1, 0.15) is 33.3 Å². The second-order valence-corrected chi connectivity index (χ2v) is 6.32. The van der Waals surface area contributed by atoms with Gasteiger partial charge in [0.1, 0.15) is 5.69 Å². The molecule has 2 aromatic carbocycles. The molecule has 0 unspecified atom stereocenters. The average Bonchev–Trinajstić information content (AvgIpc) is 2.74. The van der Waals surface area contributed by atoms with Crippen LogP contribution in [0, 0.1) is 6.92 Å². The highest BCUT2D eigenvalue weighted by molar-refractivity contribution is 6.05. The Balaban J connectivity index is 1.88. The van der Waals surface area contributed by atoms with Crippen molar-refractivity contribution < 1.29 is 14.3 Å². The van der Waals surface area contributed by atoms with Crippen molar-refractivity contribution in [1.29, 1.82) is 0 Å². The zero-order chi connectivity index (χ0) is 20.8. The van der Waals surface area contributed by atoms with Gasteiger partial charge in [-0.15, -0.1) is 0 Å². The minimum atomic E-state index is -0.475. The summed E-state index contributed by atoms with van der Waals surface area (Å²) >= 11 is 0. The van der Waals surface area contributed by atoms with E-state index in [4.69, 9.17) is 4.74 Å². The third-order valence-corrected chi connectivity index (χ3v) is 4.33. The molecule has 29 heavy (non-hydrogen) atoms. The lowest BCUT2D eigenvalue weighted by molar-refractivity contribution is 0.0601. The van der Waals surface area contributed by atoms with Crippen molar-refractivity contribution in [3.8, 4) is 0 Å². The number of aryl methyl sites for hydroxylation is 1. The molecule has 0 fully saturated rings. The number of anilines is 3. The monoisotopic (exact) mass is 390 g/mol. The maximum atomic E-state index is 13.0. The second-order valence-electron chi connectivity index (χ2n) is 6.32. The number of ether oxygens (including phenoxy) is 1. The van der Waals surface area contributed by atoms with E-state index >= 15 is 0 Å². The van der Waals surface area contributed by atoms with Crippen LogP contribution in [0.5, 0.6) is 0 Å². The number of nitrogens with zero attached hydrogens (tertiary/aromatic N) is 3. The molecule has 1 heterocycles. The molecule has 0 radical (unpaired) electrons. The maximum absolute atomic E-state index is 13.0. The Hall–Kier alpha value is -3.74. The topological polar surface area (TPSA) is 84.4 Å². The summed E-state index contributed by atoms with van der Waals surface area (Å²) in [6, 6.07) is 16.2. The molecule has 0 bridgehead atoms. The summed E-state index contributed by atoms with van der Waals surface area (Å²) in [4.78, 5) is 35.2. The molecule has 0 saturated carbocycles. The molecule has 3 rings (SSSR count). The minimum absolute atomic E-state index is 0.215. The number of hydrogen-bond donors (Lipinski definition) is 1. The normalized spacial score (nSPS) is 10.3. The van der Waals surface area contributed by atoms with E-state index in [-0.39, 0.29) is 17.5 Å². The highest BCUT2D eigenvalue weighted by Gasteiger charge is 2.19. The quantitative estimate of drug-likeness (QED) is 0.641. The number of rotatable bonds is 6. The van der Waals surface area contributed by atoms with E-state index in [0.29, 0.717) is 17.8 Å². The molecule has 148 valence electrons. The van der Waals surface area contributed by atoms with E-state index in [1.54, 1.807) is 35.2 Å². The van der Waals surface area contributed by atoms with Crippen molar-refractivity contribution in [2.45, 2.75) is 13.8 Å². The third kappa shape index (κ3) is 4.57. The Bertz CT molecular complexity index is 1040. The number of amides is 1. The van der Waals surface area contributed by atoms with Crippen LogP contribution < -0.4 is 10.2 Å². The number of hydrogen-bond acceptors (Lipinski definition) is 6. The van der Waals surface area contributed by atoms with Gasteiger partial charge in [-0.05, 0) is 49.7 Å². The average molecular weight is 390 g/mol. The van der Waals surface area contributed by atoms with Gasteiger partial charge in [0, 0.05) is 18.4 Å². The molecule has 1 N–H and O–H groups in total. The largest absolute Gasteiger partial charge is 0.465 e. The van der Waals surface area contributed by atoms with Gasteiger partial charge in [0.15, 0.2) is 0 Å². The number of carbonyl (C=O) groups excluding carboxylic acids is 2. The number of nitrogens with one attached hydrogen (secondary N) is 1. The Morgan fingerprint density at radius 3 is 2.62 bits per heavy atom. The number of carbonyl (C=O) groups is 2.